The first kappa shape index (κ1) is 25.3. The van der Waals surface area contributed by atoms with Crippen molar-refractivity contribution in [2.24, 2.45) is 5.92 Å². The average molecular weight is 646 g/mol. The van der Waals surface area contributed by atoms with Gasteiger partial charge in [-0.3, -0.25) is 9.59 Å². The molecule has 1 aromatic heterocycles. The Balaban J connectivity index is 0.00000341. The normalized spacial score (nSPS) is 10.9. The van der Waals surface area contributed by atoms with Gasteiger partial charge in [-0.05, 0) is 23.8 Å². The van der Waals surface area contributed by atoms with E-state index in [0.29, 0.717) is 30.0 Å². The molecular formula is C24H26FN3O2U. The summed E-state index contributed by atoms with van der Waals surface area (Å²) in [6, 6.07) is 11.7. The van der Waals surface area contributed by atoms with Crippen LogP contribution in [0.2, 0.25) is 0 Å². The minimum Gasteiger partial charge on any atom is -0.398 e. The van der Waals surface area contributed by atoms with Gasteiger partial charge in [0.1, 0.15) is 5.82 Å². The average Bonchev–Trinajstić information content (AvgIpc) is 2.74. The van der Waals surface area contributed by atoms with Crippen molar-refractivity contribution in [2.75, 3.05) is 13.1 Å². The Labute approximate surface area is 205 Å². The van der Waals surface area contributed by atoms with E-state index >= 15 is 0 Å². The Bertz CT molecular complexity index is 1100. The van der Waals surface area contributed by atoms with Crippen LogP contribution >= 0.6 is 0 Å². The topological polar surface area (TPSA) is 66.1 Å². The number of amides is 1. The van der Waals surface area contributed by atoms with E-state index in [2.05, 4.69) is 31.0 Å². The van der Waals surface area contributed by atoms with Crippen LogP contribution in [-0.2, 0) is 6.42 Å². The van der Waals surface area contributed by atoms with E-state index in [1.165, 1.54) is 11.0 Å². The third kappa shape index (κ3) is 6.27. The standard InChI is InChI=1S/C24H26FN3O2.U/c1-4-28(13-7-8-16(2)3)24(30)20-14-17(11-12-21(20)25)15-22-18-9-5-6-10-19(18)23(29)27-26-22;/h5-7,9-12,14,16H,1,4,8,13,15H2,2-3H3,(H,27,29);/q-2;+2. The van der Waals surface area contributed by atoms with Crippen molar-refractivity contribution in [3.8, 4) is 0 Å². The van der Waals surface area contributed by atoms with E-state index in [1.54, 1.807) is 24.3 Å². The van der Waals surface area contributed by atoms with E-state index in [-0.39, 0.29) is 54.7 Å². The second kappa shape index (κ2) is 11.6. The van der Waals surface area contributed by atoms with Crippen molar-refractivity contribution < 1.29 is 40.3 Å². The van der Waals surface area contributed by atoms with Gasteiger partial charge in [-0.15, -0.1) is 13.1 Å². The maximum atomic E-state index is 14.5. The number of benzene rings is 2. The van der Waals surface area contributed by atoms with Crippen LogP contribution in [0.5, 0.6) is 0 Å². The summed E-state index contributed by atoms with van der Waals surface area (Å²) in [4.78, 5) is 26.4. The molecule has 0 atom stereocenters. The third-order valence-electron chi connectivity index (χ3n) is 4.95. The minimum absolute atomic E-state index is 0. The van der Waals surface area contributed by atoms with Crippen LogP contribution in [0.25, 0.3) is 10.8 Å². The van der Waals surface area contributed by atoms with Crippen LogP contribution < -0.4 is 5.56 Å². The Morgan fingerprint density at radius 3 is 2.61 bits per heavy atom. The predicted octanol–water partition coefficient (Wildman–Crippen LogP) is 4.18. The smallest absolute Gasteiger partial charge is 0.398 e. The molecule has 2 aromatic carbocycles. The van der Waals surface area contributed by atoms with Crippen LogP contribution in [0.4, 0.5) is 4.39 Å². The molecule has 3 rings (SSSR count). The van der Waals surface area contributed by atoms with Crippen LogP contribution in [0.1, 0.15) is 41.9 Å². The molecule has 5 nitrogen and oxygen atoms in total. The quantitative estimate of drug-likeness (QED) is 0.374. The first-order valence-electron chi connectivity index (χ1n) is 10.1. The SMILES string of the molecule is [CH2-]CN(C[CH-]CC(C)C)C(=O)c1cc(Cc2n[nH]c(=O)c3ccccc23)ccc1F.[U+2]. The fraction of sp³-hybridized carbons (Fsp3) is 0.292. The molecule has 1 N–H and O–H groups in total. The number of halogens is 1. The predicted molar refractivity (Wildman–Crippen MR) is 117 cm³/mol. The number of fused-ring (bicyclic) bond motifs is 1. The van der Waals surface area contributed by atoms with Gasteiger partial charge in [-0.25, -0.2) is 9.49 Å². The van der Waals surface area contributed by atoms with Crippen molar-refractivity contribution in [1.29, 1.82) is 0 Å². The van der Waals surface area contributed by atoms with Gasteiger partial charge in [-0.1, -0.05) is 44.0 Å². The third-order valence-corrected chi connectivity index (χ3v) is 4.95. The van der Waals surface area contributed by atoms with E-state index in [9.17, 15) is 14.0 Å². The monoisotopic (exact) mass is 645 g/mol. The molecule has 31 heavy (non-hydrogen) atoms. The molecule has 0 aliphatic rings. The summed E-state index contributed by atoms with van der Waals surface area (Å²) in [5, 5.41) is 7.95. The summed E-state index contributed by atoms with van der Waals surface area (Å²) >= 11 is 0. The molecule has 0 radical (unpaired) electrons. The molecule has 0 unspecified atom stereocenters. The van der Waals surface area contributed by atoms with Gasteiger partial charge in [0, 0.05) is 11.8 Å². The van der Waals surface area contributed by atoms with Gasteiger partial charge in [0.25, 0.3) is 11.5 Å². The second-order valence-electron chi connectivity index (χ2n) is 7.71. The molecule has 0 fully saturated rings. The number of hydrogen-bond acceptors (Lipinski definition) is 3. The molecule has 1 amide bonds. The van der Waals surface area contributed by atoms with E-state index < -0.39 is 5.82 Å². The number of H-pyrrole nitrogens is 1. The molecule has 1 heterocycles. The Morgan fingerprint density at radius 2 is 1.94 bits per heavy atom. The van der Waals surface area contributed by atoms with Gasteiger partial charge >= 0.3 is 31.1 Å². The van der Waals surface area contributed by atoms with Crippen molar-refractivity contribution in [3.63, 3.8) is 0 Å². The zero-order valence-corrected chi connectivity index (χ0v) is 22.0. The maximum absolute atomic E-state index is 14.5. The number of aromatic amines is 1. The number of nitrogens with one attached hydrogen (secondary N) is 1. The fourth-order valence-electron chi connectivity index (χ4n) is 3.36. The van der Waals surface area contributed by atoms with Gasteiger partial charge in [0.05, 0.1) is 16.6 Å². The van der Waals surface area contributed by atoms with E-state index in [1.807, 2.05) is 18.6 Å². The fourth-order valence-corrected chi connectivity index (χ4v) is 3.36. The molecular weight excluding hydrogens is 619 g/mol. The van der Waals surface area contributed by atoms with Crippen molar-refractivity contribution in [3.05, 3.63) is 88.8 Å². The van der Waals surface area contributed by atoms with Crippen molar-refractivity contribution >= 4 is 16.7 Å². The van der Waals surface area contributed by atoms with Crippen LogP contribution in [-0.4, -0.2) is 34.1 Å². The maximum Gasteiger partial charge on any atom is 2.00 e. The Hall–Kier alpha value is -1.97. The zero-order valence-electron chi connectivity index (χ0n) is 17.8. The summed E-state index contributed by atoms with van der Waals surface area (Å²) in [7, 11) is 0. The van der Waals surface area contributed by atoms with Crippen LogP contribution in [0.3, 0.4) is 0 Å². The first-order chi connectivity index (χ1) is 14.4. The largest absolute Gasteiger partial charge is 2.00 e. The summed E-state index contributed by atoms with van der Waals surface area (Å²) in [5.41, 5.74) is 1.16. The number of nitrogens with zero attached hydrogens (tertiary/aromatic N) is 2. The van der Waals surface area contributed by atoms with Gasteiger partial charge in [0.2, 0.25) is 0 Å². The molecule has 3 aromatic rings. The summed E-state index contributed by atoms with van der Waals surface area (Å²) in [6.07, 6.45) is 3.25. The summed E-state index contributed by atoms with van der Waals surface area (Å²) < 4.78 is 14.5. The molecule has 0 saturated heterocycles. The molecule has 0 aliphatic heterocycles. The minimum atomic E-state index is -0.564. The summed E-state index contributed by atoms with van der Waals surface area (Å²) in [5.74, 6) is -0.458. The number of carbonyl (C=O) groups excluding carboxylic acids is 1. The Kier molecular flexibility index (Phi) is 9.46. The van der Waals surface area contributed by atoms with Gasteiger partial charge in [-0.2, -0.15) is 11.5 Å². The second-order valence-corrected chi connectivity index (χ2v) is 7.71. The molecule has 0 aliphatic carbocycles. The molecule has 7 heteroatoms. The van der Waals surface area contributed by atoms with E-state index in [0.717, 1.165) is 17.4 Å². The van der Waals surface area contributed by atoms with Crippen molar-refractivity contribution in [1.82, 2.24) is 15.1 Å². The Morgan fingerprint density at radius 1 is 1.23 bits per heavy atom. The van der Waals surface area contributed by atoms with E-state index in [4.69, 9.17) is 0 Å². The number of aromatic nitrogens is 2. The van der Waals surface area contributed by atoms with Crippen LogP contribution in [0.15, 0.2) is 47.3 Å². The number of hydrogen-bond donors (Lipinski definition) is 1. The number of rotatable bonds is 8. The molecule has 160 valence electrons. The van der Waals surface area contributed by atoms with Crippen LogP contribution in [0, 0.1) is 56.2 Å². The zero-order chi connectivity index (χ0) is 21.7. The first-order valence-corrected chi connectivity index (χ1v) is 10.1. The molecule has 0 bridgehead atoms. The molecule has 0 spiro atoms. The number of carbonyl (C=O) groups is 1. The van der Waals surface area contributed by atoms with Gasteiger partial charge in [0.15, 0.2) is 0 Å². The van der Waals surface area contributed by atoms with Gasteiger partial charge < -0.3 is 18.2 Å². The summed E-state index contributed by atoms with van der Waals surface area (Å²) in [6.45, 7) is 8.70. The van der Waals surface area contributed by atoms with Crippen molar-refractivity contribution in [2.45, 2.75) is 26.7 Å². The molecule has 0 saturated carbocycles.